The van der Waals surface area contributed by atoms with E-state index in [0.29, 0.717) is 32.6 Å². The van der Waals surface area contributed by atoms with E-state index in [1.54, 1.807) is 24.3 Å². The number of aromatic nitrogens is 1. The van der Waals surface area contributed by atoms with Crippen LogP contribution in [0.3, 0.4) is 0 Å². The number of nitrogens with one attached hydrogen (secondary N) is 1. The molecule has 0 aliphatic rings. The van der Waals surface area contributed by atoms with Gasteiger partial charge in [-0.2, -0.15) is 0 Å². The number of carbonyl (C=O) groups is 1. The van der Waals surface area contributed by atoms with Crippen LogP contribution >= 0.6 is 11.6 Å². The van der Waals surface area contributed by atoms with Crippen molar-refractivity contribution >= 4 is 40.1 Å². The number of non-ortho nitro benzene ring substituents is 1. The molecule has 0 bridgehead atoms. The third-order valence-corrected chi connectivity index (χ3v) is 5.03. The van der Waals surface area contributed by atoms with E-state index in [1.165, 1.54) is 30.4 Å². The van der Waals surface area contributed by atoms with Crippen LogP contribution in [-0.2, 0) is 0 Å². The Balaban J connectivity index is 1.88. The second-order valence-electron chi connectivity index (χ2n) is 6.81. The summed E-state index contributed by atoms with van der Waals surface area (Å²) in [6.07, 6.45) is 2.69. The zero-order chi connectivity index (χ0) is 22.0. The molecule has 0 amide bonds. The molecule has 152 valence electrons. The van der Waals surface area contributed by atoms with Gasteiger partial charge in [-0.25, -0.2) is 0 Å². The van der Waals surface area contributed by atoms with E-state index in [1.807, 2.05) is 30.3 Å². The predicted molar refractivity (Wildman–Crippen MR) is 121 cm³/mol. The van der Waals surface area contributed by atoms with E-state index in [2.05, 4.69) is 4.98 Å². The molecule has 0 atom stereocenters. The molecule has 1 aromatic heterocycles. The Morgan fingerprint density at radius 2 is 1.77 bits per heavy atom. The van der Waals surface area contributed by atoms with E-state index in [-0.39, 0.29) is 11.3 Å². The van der Waals surface area contributed by atoms with Crippen molar-refractivity contribution in [2.24, 2.45) is 0 Å². The number of carbonyl (C=O) groups excluding carboxylic acids is 1. The van der Waals surface area contributed by atoms with Gasteiger partial charge in [0.2, 0.25) is 0 Å². The molecule has 6 nitrogen and oxygen atoms in total. The highest BCUT2D eigenvalue weighted by Gasteiger charge is 2.19. The maximum Gasteiger partial charge on any atom is 0.270 e. The van der Waals surface area contributed by atoms with Gasteiger partial charge in [-0.3, -0.25) is 19.7 Å². The Morgan fingerprint density at radius 3 is 2.52 bits per heavy atom. The first-order valence-electron chi connectivity index (χ1n) is 9.32. The summed E-state index contributed by atoms with van der Waals surface area (Å²) in [4.78, 5) is 39.2. The quantitative estimate of drug-likeness (QED) is 0.191. The molecule has 4 aromatic rings. The molecule has 0 fully saturated rings. The van der Waals surface area contributed by atoms with Gasteiger partial charge in [0.25, 0.3) is 11.2 Å². The average molecular weight is 431 g/mol. The van der Waals surface area contributed by atoms with Crippen LogP contribution in [0, 0.1) is 10.1 Å². The number of hydrogen-bond donors (Lipinski definition) is 1. The van der Waals surface area contributed by atoms with Gasteiger partial charge in [0, 0.05) is 33.6 Å². The number of fused-ring (bicyclic) bond motifs is 1. The molecule has 4 rings (SSSR count). The van der Waals surface area contributed by atoms with Crippen molar-refractivity contribution in [2.75, 3.05) is 0 Å². The summed E-state index contributed by atoms with van der Waals surface area (Å²) in [5.74, 6) is -0.520. The number of allylic oxidation sites excluding steroid dienone is 1. The maximum absolute atomic E-state index is 13.1. The molecule has 7 heteroatoms. The van der Waals surface area contributed by atoms with Crippen molar-refractivity contribution in [3.05, 3.63) is 115 Å². The van der Waals surface area contributed by atoms with Crippen LogP contribution < -0.4 is 5.56 Å². The first-order chi connectivity index (χ1) is 14.9. The van der Waals surface area contributed by atoms with Gasteiger partial charge >= 0.3 is 0 Å². The van der Waals surface area contributed by atoms with Crippen LogP contribution in [0.4, 0.5) is 5.69 Å². The predicted octanol–water partition coefficient (Wildman–Crippen LogP) is 5.65. The number of aromatic amines is 1. The Kier molecular flexibility index (Phi) is 5.47. The zero-order valence-corrected chi connectivity index (χ0v) is 16.8. The molecular weight excluding hydrogens is 416 g/mol. The number of nitrogens with zero attached hydrogens (tertiary/aromatic N) is 1. The highest BCUT2D eigenvalue weighted by atomic mass is 35.5. The van der Waals surface area contributed by atoms with Gasteiger partial charge in [0.05, 0.1) is 10.5 Å². The topological polar surface area (TPSA) is 93.1 Å². The van der Waals surface area contributed by atoms with E-state index in [0.717, 1.165) is 0 Å². The van der Waals surface area contributed by atoms with E-state index >= 15 is 0 Å². The lowest BCUT2D eigenvalue weighted by atomic mass is 9.94. The molecule has 0 radical (unpaired) electrons. The lowest BCUT2D eigenvalue weighted by Crippen LogP contribution is -2.18. The Hall–Kier alpha value is -4.03. The SMILES string of the molecule is O=C(/C=C/c1cccc([N+](=O)[O-])c1)c1c(-c2ccccc2)c2cc(Cl)ccc2[nH]c1=O. The van der Waals surface area contributed by atoms with Gasteiger partial charge in [-0.05, 0) is 35.4 Å². The number of nitro benzene ring substituents is 1. The van der Waals surface area contributed by atoms with E-state index in [4.69, 9.17) is 11.6 Å². The molecule has 1 N–H and O–H groups in total. The second-order valence-corrected chi connectivity index (χ2v) is 7.25. The fraction of sp³-hybridized carbons (Fsp3) is 0. The monoisotopic (exact) mass is 430 g/mol. The van der Waals surface area contributed by atoms with Gasteiger partial charge in [-0.15, -0.1) is 0 Å². The third kappa shape index (κ3) is 4.15. The molecule has 0 spiro atoms. The number of pyridine rings is 1. The van der Waals surface area contributed by atoms with Crippen LogP contribution in [0.15, 0.2) is 83.7 Å². The summed E-state index contributed by atoms with van der Waals surface area (Å²) >= 11 is 6.19. The zero-order valence-electron chi connectivity index (χ0n) is 16.0. The van der Waals surface area contributed by atoms with Gasteiger partial charge in [0.15, 0.2) is 5.78 Å². The molecule has 0 aliphatic heterocycles. The second kappa shape index (κ2) is 8.38. The number of rotatable bonds is 5. The summed E-state index contributed by atoms with van der Waals surface area (Å²) in [6.45, 7) is 0. The van der Waals surface area contributed by atoms with Crippen molar-refractivity contribution in [2.45, 2.75) is 0 Å². The minimum Gasteiger partial charge on any atom is -0.321 e. The van der Waals surface area contributed by atoms with E-state index in [9.17, 15) is 19.7 Å². The summed E-state index contributed by atoms with van der Waals surface area (Å²) < 4.78 is 0. The minimum atomic E-state index is -0.526. The molecule has 0 aliphatic carbocycles. The van der Waals surface area contributed by atoms with Crippen molar-refractivity contribution in [1.29, 1.82) is 0 Å². The minimum absolute atomic E-state index is 0.0253. The van der Waals surface area contributed by atoms with Crippen LogP contribution in [-0.4, -0.2) is 15.7 Å². The Labute approximate surface area is 181 Å². The Bertz CT molecular complexity index is 1410. The number of hydrogen-bond acceptors (Lipinski definition) is 4. The first-order valence-corrected chi connectivity index (χ1v) is 9.69. The number of ketones is 1. The third-order valence-electron chi connectivity index (χ3n) is 4.79. The lowest BCUT2D eigenvalue weighted by Gasteiger charge is -2.11. The maximum atomic E-state index is 13.1. The van der Waals surface area contributed by atoms with Crippen LogP contribution in [0.1, 0.15) is 15.9 Å². The fourth-order valence-corrected chi connectivity index (χ4v) is 3.57. The number of H-pyrrole nitrogens is 1. The summed E-state index contributed by atoms with van der Waals surface area (Å²) in [5.41, 5.74) is 1.59. The van der Waals surface area contributed by atoms with E-state index < -0.39 is 16.3 Å². The molecule has 3 aromatic carbocycles. The molecular formula is C24H15ClN2O4. The highest BCUT2D eigenvalue weighted by molar-refractivity contribution is 6.31. The average Bonchev–Trinajstić information content (AvgIpc) is 2.77. The lowest BCUT2D eigenvalue weighted by molar-refractivity contribution is -0.384. The molecule has 31 heavy (non-hydrogen) atoms. The standard InChI is InChI=1S/C24H15ClN2O4/c25-17-10-11-20-19(14-17)22(16-6-2-1-3-7-16)23(24(29)26-20)21(28)12-9-15-5-4-8-18(13-15)27(30)31/h1-14H,(H,26,29)/b12-9+. The number of benzene rings is 3. The van der Waals surface area contributed by atoms with Gasteiger partial charge in [-0.1, -0.05) is 60.1 Å². The summed E-state index contributed by atoms with van der Waals surface area (Å²) in [5, 5.41) is 12.1. The highest BCUT2D eigenvalue weighted by Crippen LogP contribution is 2.31. The molecule has 0 saturated heterocycles. The van der Waals surface area contributed by atoms with Crippen molar-refractivity contribution in [1.82, 2.24) is 4.98 Å². The summed E-state index contributed by atoms with van der Waals surface area (Å²) in [7, 11) is 0. The summed E-state index contributed by atoms with van der Waals surface area (Å²) in [6, 6.07) is 20.1. The normalized spacial score (nSPS) is 11.1. The van der Waals surface area contributed by atoms with Crippen LogP contribution in [0.25, 0.3) is 28.1 Å². The van der Waals surface area contributed by atoms with Crippen molar-refractivity contribution < 1.29 is 9.72 Å². The largest absolute Gasteiger partial charge is 0.321 e. The number of nitro groups is 1. The molecule has 0 saturated carbocycles. The Morgan fingerprint density at radius 1 is 1.00 bits per heavy atom. The van der Waals surface area contributed by atoms with Crippen LogP contribution in [0.2, 0.25) is 5.02 Å². The van der Waals surface area contributed by atoms with Gasteiger partial charge in [0.1, 0.15) is 0 Å². The molecule has 1 heterocycles. The fourth-order valence-electron chi connectivity index (χ4n) is 3.40. The van der Waals surface area contributed by atoms with Crippen LogP contribution in [0.5, 0.6) is 0 Å². The molecule has 0 unspecified atom stereocenters. The number of halogens is 1. The van der Waals surface area contributed by atoms with Crippen molar-refractivity contribution in [3.63, 3.8) is 0 Å². The first kappa shape index (κ1) is 20.3. The van der Waals surface area contributed by atoms with Gasteiger partial charge < -0.3 is 4.98 Å². The van der Waals surface area contributed by atoms with Crippen molar-refractivity contribution in [3.8, 4) is 11.1 Å². The smallest absolute Gasteiger partial charge is 0.270 e.